The molecule has 0 aromatic carbocycles. The molecule has 0 saturated carbocycles. The fourth-order valence-electron chi connectivity index (χ4n) is 1.00. The van der Waals surface area contributed by atoms with E-state index in [9.17, 15) is 13.2 Å². The molecule has 0 aliphatic heterocycles. The zero-order chi connectivity index (χ0) is 10.8. The SMILES string of the molecule is Cc1ccnc(CN)c1OC(F)(F)F. The molecule has 0 bridgehead atoms. The van der Waals surface area contributed by atoms with E-state index in [0.717, 1.165) is 0 Å². The van der Waals surface area contributed by atoms with Gasteiger partial charge in [0.1, 0.15) is 0 Å². The van der Waals surface area contributed by atoms with Crippen molar-refractivity contribution < 1.29 is 17.9 Å². The third-order valence-electron chi connectivity index (χ3n) is 1.59. The largest absolute Gasteiger partial charge is 0.573 e. The van der Waals surface area contributed by atoms with E-state index in [1.54, 1.807) is 0 Å². The van der Waals surface area contributed by atoms with Crippen LogP contribution in [0.25, 0.3) is 0 Å². The fraction of sp³-hybridized carbons (Fsp3) is 0.375. The molecule has 3 nitrogen and oxygen atoms in total. The summed E-state index contributed by atoms with van der Waals surface area (Å²) in [6, 6.07) is 1.43. The Balaban J connectivity index is 3.05. The minimum absolute atomic E-state index is 0.0902. The monoisotopic (exact) mass is 206 g/mol. The minimum Gasteiger partial charge on any atom is -0.403 e. The molecule has 14 heavy (non-hydrogen) atoms. The minimum atomic E-state index is -4.71. The first-order valence-corrected chi connectivity index (χ1v) is 3.84. The molecule has 0 unspecified atom stereocenters. The lowest BCUT2D eigenvalue weighted by Crippen LogP contribution is -2.20. The van der Waals surface area contributed by atoms with Gasteiger partial charge in [0.25, 0.3) is 0 Å². The Kier molecular flexibility index (Phi) is 2.95. The molecule has 1 heterocycles. The third-order valence-corrected chi connectivity index (χ3v) is 1.59. The Morgan fingerprint density at radius 3 is 2.64 bits per heavy atom. The predicted molar refractivity (Wildman–Crippen MR) is 43.5 cm³/mol. The first kappa shape index (κ1) is 10.8. The van der Waals surface area contributed by atoms with Crippen molar-refractivity contribution in [3.63, 3.8) is 0 Å². The maximum atomic E-state index is 11.9. The third kappa shape index (κ3) is 2.59. The number of halogens is 3. The lowest BCUT2D eigenvalue weighted by molar-refractivity contribution is -0.275. The summed E-state index contributed by atoms with van der Waals surface area (Å²) in [5.74, 6) is -0.303. The van der Waals surface area contributed by atoms with Crippen LogP contribution in [-0.2, 0) is 6.54 Å². The highest BCUT2D eigenvalue weighted by Gasteiger charge is 2.32. The van der Waals surface area contributed by atoms with Crippen LogP contribution in [0.1, 0.15) is 11.3 Å². The highest BCUT2D eigenvalue weighted by molar-refractivity contribution is 5.35. The van der Waals surface area contributed by atoms with Crippen molar-refractivity contribution in [3.05, 3.63) is 23.5 Å². The number of aryl methyl sites for hydroxylation is 1. The number of pyridine rings is 1. The number of aromatic nitrogens is 1. The molecule has 6 heteroatoms. The topological polar surface area (TPSA) is 48.1 Å². The van der Waals surface area contributed by atoms with Gasteiger partial charge in [0.05, 0.1) is 5.69 Å². The summed E-state index contributed by atoms with van der Waals surface area (Å²) < 4.78 is 39.7. The highest BCUT2D eigenvalue weighted by Crippen LogP contribution is 2.27. The van der Waals surface area contributed by atoms with E-state index in [0.29, 0.717) is 5.56 Å². The molecular weight excluding hydrogens is 197 g/mol. The van der Waals surface area contributed by atoms with Gasteiger partial charge in [-0.1, -0.05) is 0 Å². The Hall–Kier alpha value is -1.30. The van der Waals surface area contributed by atoms with Crippen LogP contribution in [0.3, 0.4) is 0 Å². The molecule has 1 aromatic rings. The van der Waals surface area contributed by atoms with Crippen LogP contribution in [0.15, 0.2) is 12.3 Å². The van der Waals surface area contributed by atoms with Crippen molar-refractivity contribution >= 4 is 0 Å². The lowest BCUT2D eigenvalue weighted by Gasteiger charge is -2.13. The summed E-state index contributed by atoms with van der Waals surface area (Å²) in [5, 5.41) is 0. The summed E-state index contributed by atoms with van der Waals surface area (Å²) >= 11 is 0. The molecular formula is C8H9F3N2O. The average Bonchev–Trinajstić information content (AvgIpc) is 2.06. The van der Waals surface area contributed by atoms with Crippen LogP contribution in [0, 0.1) is 6.92 Å². The maximum Gasteiger partial charge on any atom is 0.573 e. The average molecular weight is 206 g/mol. The van der Waals surface area contributed by atoms with Crippen LogP contribution in [0.2, 0.25) is 0 Å². The molecule has 0 aliphatic rings. The van der Waals surface area contributed by atoms with Crippen molar-refractivity contribution in [2.45, 2.75) is 19.8 Å². The number of rotatable bonds is 2. The van der Waals surface area contributed by atoms with E-state index >= 15 is 0 Å². The summed E-state index contributed by atoms with van der Waals surface area (Å²) in [6.45, 7) is 1.41. The number of nitrogens with two attached hydrogens (primary N) is 1. The molecule has 0 atom stereocenters. The van der Waals surface area contributed by atoms with E-state index in [1.807, 2.05) is 0 Å². The first-order chi connectivity index (χ1) is 6.44. The van der Waals surface area contributed by atoms with Crippen molar-refractivity contribution in [1.29, 1.82) is 0 Å². The molecule has 78 valence electrons. The Labute approximate surface area is 78.7 Å². The zero-order valence-electron chi connectivity index (χ0n) is 7.43. The maximum absolute atomic E-state index is 11.9. The Morgan fingerprint density at radius 1 is 1.50 bits per heavy atom. The van der Waals surface area contributed by atoms with Crippen LogP contribution < -0.4 is 10.5 Å². The van der Waals surface area contributed by atoms with Gasteiger partial charge in [-0.15, -0.1) is 13.2 Å². The van der Waals surface area contributed by atoms with Gasteiger partial charge in [-0.05, 0) is 18.6 Å². The number of hydrogen-bond donors (Lipinski definition) is 1. The molecule has 0 fully saturated rings. The fourth-order valence-corrected chi connectivity index (χ4v) is 1.00. The van der Waals surface area contributed by atoms with E-state index in [4.69, 9.17) is 5.73 Å². The van der Waals surface area contributed by atoms with Crippen molar-refractivity contribution in [3.8, 4) is 5.75 Å². The Bertz CT molecular complexity index is 325. The van der Waals surface area contributed by atoms with Crippen LogP contribution >= 0.6 is 0 Å². The van der Waals surface area contributed by atoms with Crippen molar-refractivity contribution in [2.24, 2.45) is 5.73 Å². The molecule has 0 spiro atoms. The van der Waals surface area contributed by atoms with Gasteiger partial charge in [0, 0.05) is 12.7 Å². The normalized spacial score (nSPS) is 11.5. The quantitative estimate of drug-likeness (QED) is 0.801. The second-order valence-corrected chi connectivity index (χ2v) is 2.66. The summed E-state index contributed by atoms with van der Waals surface area (Å²) in [6.07, 6.45) is -3.32. The second kappa shape index (κ2) is 3.83. The van der Waals surface area contributed by atoms with Crippen LogP contribution in [-0.4, -0.2) is 11.3 Å². The molecule has 2 N–H and O–H groups in total. The standard InChI is InChI=1S/C8H9F3N2O/c1-5-2-3-13-6(4-12)7(5)14-8(9,10)11/h2-3H,4,12H2,1H3. The van der Waals surface area contributed by atoms with Gasteiger partial charge in [-0.3, -0.25) is 4.98 Å². The van der Waals surface area contributed by atoms with Gasteiger partial charge < -0.3 is 10.5 Å². The predicted octanol–water partition coefficient (Wildman–Crippen LogP) is 1.75. The van der Waals surface area contributed by atoms with E-state index in [-0.39, 0.29) is 18.0 Å². The number of ether oxygens (including phenoxy) is 1. The second-order valence-electron chi connectivity index (χ2n) is 2.66. The number of nitrogens with zero attached hydrogens (tertiary/aromatic N) is 1. The molecule has 1 aromatic heterocycles. The van der Waals surface area contributed by atoms with Crippen molar-refractivity contribution in [2.75, 3.05) is 0 Å². The van der Waals surface area contributed by atoms with Crippen molar-refractivity contribution in [1.82, 2.24) is 4.98 Å². The first-order valence-electron chi connectivity index (χ1n) is 3.84. The molecule has 1 rings (SSSR count). The molecule has 0 amide bonds. The van der Waals surface area contributed by atoms with E-state index < -0.39 is 6.36 Å². The van der Waals surface area contributed by atoms with Crippen LogP contribution in [0.5, 0.6) is 5.75 Å². The Morgan fingerprint density at radius 2 is 2.14 bits per heavy atom. The van der Waals surface area contributed by atoms with Gasteiger partial charge in [-0.2, -0.15) is 0 Å². The smallest absolute Gasteiger partial charge is 0.403 e. The number of alkyl halides is 3. The molecule has 0 aliphatic carbocycles. The van der Waals surface area contributed by atoms with E-state index in [2.05, 4.69) is 9.72 Å². The summed E-state index contributed by atoms with van der Waals surface area (Å²) in [4.78, 5) is 3.69. The highest BCUT2D eigenvalue weighted by atomic mass is 19.4. The summed E-state index contributed by atoms with van der Waals surface area (Å²) in [5.41, 5.74) is 5.69. The summed E-state index contributed by atoms with van der Waals surface area (Å²) in [7, 11) is 0. The van der Waals surface area contributed by atoms with E-state index in [1.165, 1.54) is 19.2 Å². The van der Waals surface area contributed by atoms with Gasteiger partial charge in [0.2, 0.25) is 0 Å². The van der Waals surface area contributed by atoms with Gasteiger partial charge in [-0.25, -0.2) is 0 Å². The van der Waals surface area contributed by atoms with Crippen LogP contribution in [0.4, 0.5) is 13.2 Å². The van der Waals surface area contributed by atoms with Gasteiger partial charge >= 0.3 is 6.36 Å². The van der Waals surface area contributed by atoms with Gasteiger partial charge in [0.15, 0.2) is 5.75 Å². The molecule has 0 saturated heterocycles. The lowest BCUT2D eigenvalue weighted by atomic mass is 10.2. The number of hydrogen-bond acceptors (Lipinski definition) is 3. The zero-order valence-corrected chi connectivity index (χ0v) is 7.43. The molecule has 0 radical (unpaired) electrons.